The highest BCUT2D eigenvalue weighted by atomic mass is 16.5. The van der Waals surface area contributed by atoms with E-state index in [1.54, 1.807) is 7.11 Å². The number of hydrogen-bond donors (Lipinski definition) is 1. The predicted octanol–water partition coefficient (Wildman–Crippen LogP) is 3.18. The molecule has 0 saturated carbocycles. The highest BCUT2D eigenvalue weighted by Gasteiger charge is 2.21. The van der Waals surface area contributed by atoms with Crippen LogP contribution in [0.1, 0.15) is 55.2 Å². The molecule has 1 N–H and O–H groups in total. The van der Waals surface area contributed by atoms with E-state index in [0.29, 0.717) is 19.4 Å². The minimum absolute atomic E-state index is 0.0286. The van der Waals surface area contributed by atoms with Crippen LogP contribution in [0, 0.1) is 0 Å². The van der Waals surface area contributed by atoms with Gasteiger partial charge in [-0.05, 0) is 31.0 Å². The van der Waals surface area contributed by atoms with Crippen molar-refractivity contribution in [1.29, 1.82) is 0 Å². The van der Waals surface area contributed by atoms with Crippen molar-refractivity contribution < 1.29 is 14.3 Å². The van der Waals surface area contributed by atoms with E-state index in [4.69, 9.17) is 14.6 Å². The first-order chi connectivity index (χ1) is 13.1. The molecule has 1 aliphatic heterocycles. The molecule has 6 heteroatoms. The van der Waals surface area contributed by atoms with Gasteiger partial charge in [-0.2, -0.15) is 5.10 Å². The summed E-state index contributed by atoms with van der Waals surface area (Å²) in [6, 6.07) is 7.71. The minimum atomic E-state index is -0.0671. The van der Waals surface area contributed by atoms with Crippen LogP contribution >= 0.6 is 0 Å². The Labute approximate surface area is 160 Å². The number of hydrogen-bond acceptors (Lipinski definition) is 4. The highest BCUT2D eigenvalue weighted by molar-refractivity contribution is 5.76. The Bertz CT molecular complexity index is 785. The van der Waals surface area contributed by atoms with Crippen LogP contribution in [0.25, 0.3) is 0 Å². The Morgan fingerprint density at radius 2 is 2.30 bits per heavy atom. The van der Waals surface area contributed by atoms with Crippen LogP contribution in [0.2, 0.25) is 0 Å². The Hall–Kier alpha value is -2.34. The Morgan fingerprint density at radius 3 is 3.07 bits per heavy atom. The minimum Gasteiger partial charge on any atom is -0.497 e. The van der Waals surface area contributed by atoms with Crippen molar-refractivity contribution in [3.8, 4) is 5.75 Å². The van der Waals surface area contributed by atoms with E-state index in [2.05, 4.69) is 16.9 Å². The number of rotatable bonds is 8. The molecule has 0 radical (unpaired) electrons. The zero-order chi connectivity index (χ0) is 19.2. The van der Waals surface area contributed by atoms with E-state index in [-0.39, 0.29) is 11.9 Å². The summed E-state index contributed by atoms with van der Waals surface area (Å²) in [6.07, 6.45) is 3.01. The molecule has 2 aromatic rings. The zero-order valence-corrected chi connectivity index (χ0v) is 16.5. The Kier molecular flexibility index (Phi) is 6.50. The van der Waals surface area contributed by atoms with Gasteiger partial charge in [-0.3, -0.25) is 9.48 Å². The van der Waals surface area contributed by atoms with E-state index in [1.807, 2.05) is 31.2 Å². The van der Waals surface area contributed by atoms with Crippen molar-refractivity contribution in [2.24, 2.45) is 0 Å². The molecule has 2 heterocycles. The maximum Gasteiger partial charge on any atom is 0.220 e. The first kappa shape index (κ1) is 19.4. The average molecular weight is 371 g/mol. The van der Waals surface area contributed by atoms with Gasteiger partial charge in [-0.1, -0.05) is 19.1 Å². The quantitative estimate of drug-likeness (QED) is 0.774. The number of methoxy groups -OCH3 is 1. The molecular weight excluding hydrogens is 342 g/mol. The van der Waals surface area contributed by atoms with Gasteiger partial charge in [0.25, 0.3) is 0 Å². The van der Waals surface area contributed by atoms with Crippen molar-refractivity contribution in [2.45, 2.75) is 58.7 Å². The number of aromatic nitrogens is 2. The second kappa shape index (κ2) is 9.04. The molecule has 1 unspecified atom stereocenters. The van der Waals surface area contributed by atoms with Crippen LogP contribution in [-0.4, -0.2) is 29.4 Å². The smallest absolute Gasteiger partial charge is 0.220 e. The largest absolute Gasteiger partial charge is 0.497 e. The van der Waals surface area contributed by atoms with Crippen molar-refractivity contribution in [2.75, 3.05) is 13.7 Å². The Morgan fingerprint density at radius 1 is 1.44 bits per heavy atom. The third kappa shape index (κ3) is 4.69. The molecule has 1 aromatic heterocycles. The number of carbonyl (C=O) groups excluding carboxylic acids is 1. The van der Waals surface area contributed by atoms with Gasteiger partial charge in [0.05, 0.1) is 32.1 Å². The predicted molar refractivity (Wildman–Crippen MR) is 104 cm³/mol. The first-order valence-electron chi connectivity index (χ1n) is 9.70. The van der Waals surface area contributed by atoms with E-state index in [9.17, 15) is 4.79 Å². The van der Waals surface area contributed by atoms with Gasteiger partial charge >= 0.3 is 0 Å². The topological polar surface area (TPSA) is 65.4 Å². The van der Waals surface area contributed by atoms with Crippen LogP contribution in [0.15, 0.2) is 24.3 Å². The van der Waals surface area contributed by atoms with Crippen LogP contribution in [-0.2, 0) is 35.5 Å². The normalized spacial score (nSPS) is 14.5. The SMILES string of the molecule is CCCn1nc(CCC(=O)NC(C)c2cccc(OC)c2)c2c1CCOC2. The van der Waals surface area contributed by atoms with Crippen molar-refractivity contribution in [3.63, 3.8) is 0 Å². The monoisotopic (exact) mass is 371 g/mol. The van der Waals surface area contributed by atoms with E-state index in [1.165, 1.54) is 11.3 Å². The number of amides is 1. The number of nitrogens with one attached hydrogen (secondary N) is 1. The lowest BCUT2D eigenvalue weighted by atomic mass is 10.1. The van der Waals surface area contributed by atoms with Crippen molar-refractivity contribution in [3.05, 3.63) is 46.8 Å². The standard InChI is InChI=1S/C21H29N3O3/c1-4-11-24-20-10-12-27-14-18(20)19(23-24)8-9-21(25)22-15(2)16-6-5-7-17(13-16)26-3/h5-7,13,15H,4,8-12,14H2,1-3H3,(H,22,25). The second-order valence-electron chi connectivity index (χ2n) is 6.96. The summed E-state index contributed by atoms with van der Waals surface area (Å²) in [6.45, 7) is 6.41. The van der Waals surface area contributed by atoms with Gasteiger partial charge in [0.2, 0.25) is 5.91 Å². The maximum absolute atomic E-state index is 12.4. The summed E-state index contributed by atoms with van der Waals surface area (Å²) in [5.74, 6) is 0.822. The molecule has 0 bridgehead atoms. The first-order valence-corrected chi connectivity index (χ1v) is 9.70. The number of benzene rings is 1. The maximum atomic E-state index is 12.4. The molecule has 1 aliphatic rings. The lowest BCUT2D eigenvalue weighted by Crippen LogP contribution is -2.27. The van der Waals surface area contributed by atoms with Gasteiger partial charge in [0.1, 0.15) is 5.75 Å². The molecule has 6 nitrogen and oxygen atoms in total. The summed E-state index contributed by atoms with van der Waals surface area (Å²) in [5, 5.41) is 7.82. The highest BCUT2D eigenvalue weighted by Crippen LogP contribution is 2.23. The lowest BCUT2D eigenvalue weighted by molar-refractivity contribution is -0.121. The van der Waals surface area contributed by atoms with Crippen LogP contribution < -0.4 is 10.1 Å². The van der Waals surface area contributed by atoms with Crippen molar-refractivity contribution in [1.82, 2.24) is 15.1 Å². The Balaban J connectivity index is 1.60. The third-order valence-electron chi connectivity index (χ3n) is 4.97. The molecule has 146 valence electrons. The summed E-state index contributed by atoms with van der Waals surface area (Å²) >= 11 is 0. The lowest BCUT2D eigenvalue weighted by Gasteiger charge is -2.16. The van der Waals surface area contributed by atoms with E-state index < -0.39 is 0 Å². The summed E-state index contributed by atoms with van der Waals surface area (Å²) in [7, 11) is 1.64. The molecule has 27 heavy (non-hydrogen) atoms. The fourth-order valence-electron chi connectivity index (χ4n) is 3.52. The van der Waals surface area contributed by atoms with Crippen LogP contribution in [0.4, 0.5) is 0 Å². The fraction of sp³-hybridized carbons (Fsp3) is 0.524. The van der Waals surface area contributed by atoms with Gasteiger partial charge in [0, 0.05) is 37.1 Å². The molecule has 0 spiro atoms. The van der Waals surface area contributed by atoms with Gasteiger partial charge < -0.3 is 14.8 Å². The summed E-state index contributed by atoms with van der Waals surface area (Å²) in [5.41, 5.74) is 4.50. The number of carbonyl (C=O) groups is 1. The van der Waals surface area contributed by atoms with E-state index in [0.717, 1.165) is 43.0 Å². The van der Waals surface area contributed by atoms with Crippen molar-refractivity contribution >= 4 is 5.91 Å². The fourth-order valence-corrected chi connectivity index (χ4v) is 3.52. The average Bonchev–Trinajstić information content (AvgIpc) is 3.04. The molecule has 1 aromatic carbocycles. The molecule has 0 aliphatic carbocycles. The molecule has 3 rings (SSSR count). The number of fused-ring (bicyclic) bond motifs is 1. The third-order valence-corrected chi connectivity index (χ3v) is 4.97. The molecular formula is C21H29N3O3. The summed E-state index contributed by atoms with van der Waals surface area (Å²) < 4.78 is 13.0. The zero-order valence-electron chi connectivity index (χ0n) is 16.5. The molecule has 1 amide bonds. The number of aryl methyl sites for hydroxylation is 2. The number of ether oxygens (including phenoxy) is 2. The van der Waals surface area contributed by atoms with Crippen LogP contribution in [0.3, 0.4) is 0 Å². The molecule has 0 saturated heterocycles. The van der Waals surface area contributed by atoms with Gasteiger partial charge in [-0.25, -0.2) is 0 Å². The molecule has 1 atom stereocenters. The van der Waals surface area contributed by atoms with Gasteiger partial charge in [-0.15, -0.1) is 0 Å². The second-order valence-corrected chi connectivity index (χ2v) is 6.96. The summed E-state index contributed by atoms with van der Waals surface area (Å²) in [4.78, 5) is 12.4. The van der Waals surface area contributed by atoms with Gasteiger partial charge in [0.15, 0.2) is 0 Å². The van der Waals surface area contributed by atoms with E-state index >= 15 is 0 Å². The van der Waals surface area contributed by atoms with Crippen LogP contribution in [0.5, 0.6) is 5.75 Å². The molecule has 0 fully saturated rings. The number of nitrogens with zero attached hydrogens (tertiary/aromatic N) is 2.